The number of fused-ring (bicyclic) bond motifs is 29. The minimum atomic E-state index is -0.723. The van der Waals surface area contributed by atoms with Gasteiger partial charge in [0.15, 0.2) is 0 Å². The predicted octanol–water partition coefficient (Wildman–Crippen LogP) is 5.57. The maximum absolute atomic E-state index is 14.6. The lowest BCUT2D eigenvalue weighted by Gasteiger charge is -2.32. The van der Waals surface area contributed by atoms with E-state index in [2.05, 4.69) is 21.3 Å². The number of amides is 9. The number of rotatable bonds is 19. The number of hydrogen-bond donors (Lipinski definition) is 6. The summed E-state index contributed by atoms with van der Waals surface area (Å²) < 4.78 is 0. The third-order valence-electron chi connectivity index (χ3n) is 16.1. The summed E-state index contributed by atoms with van der Waals surface area (Å²) in [5, 5.41) is 12.6. The van der Waals surface area contributed by atoms with Crippen molar-refractivity contribution < 1.29 is 43.2 Å². The Morgan fingerprint density at radius 1 is 0.568 bits per heavy atom. The Kier molecular flexibility index (Phi) is 27.3. The second kappa shape index (κ2) is 35.4. The standard InChI is InChI=1S/C68H92N10O9S/c1-48(2)34-57-40-77(66(85)37-52-21-22-52)45-61(80)71-56(20-12-13-32-69)39-76(64(83)30-27-49-14-6-3-7-15-49)44-62(81)73-58(35-50-16-8-4-9-17-50)41-75(43-60(70)79)65(84)31-33-88-47-54-25-28-55(29-26-54)68(87)74-59(36-51-18-10-5-11-19-51)42-78(46-63(82)72-57)67(86)38-53-23-24-53/h3-11,14-19,25-26,28-29,48,52-53,56-59H,12-13,20-24,27,30-47,69H2,1-2H3,(H2,70,79)(H,71,80)(H,72,82)(H,73,81)(H,74,87). The molecule has 19 nitrogen and oxygen atoms in total. The largest absolute Gasteiger partial charge is 0.368 e. The SMILES string of the molecule is CC(C)CC1CN(C(=O)CC2CC2)CC(=O)NC(CCCCN)CN(C(=O)CCc2ccccc2)CC(=O)NC(Cc2ccccc2)CN(CC(N)=O)C(=O)CCSCc2ccc(cc2)C(=O)NC(Cc2ccccc2)CN(C(=O)CC2CC2)CC(=O)N1. The molecule has 0 saturated heterocycles. The van der Waals surface area contributed by atoms with E-state index in [1.165, 1.54) is 31.4 Å². The van der Waals surface area contributed by atoms with E-state index in [0.29, 0.717) is 62.1 Å². The van der Waals surface area contributed by atoms with Crippen molar-refractivity contribution in [2.45, 2.75) is 140 Å². The van der Waals surface area contributed by atoms with Crippen LogP contribution in [0.3, 0.4) is 0 Å². The zero-order chi connectivity index (χ0) is 62.8. The number of primary amides is 1. The van der Waals surface area contributed by atoms with Crippen LogP contribution in [0.15, 0.2) is 115 Å². The summed E-state index contributed by atoms with van der Waals surface area (Å²) in [6.45, 7) is 2.93. The normalized spacial score (nSPS) is 20.5. The van der Waals surface area contributed by atoms with Crippen molar-refractivity contribution in [3.8, 4) is 0 Å². The molecule has 8 N–H and O–H groups in total. The van der Waals surface area contributed by atoms with Gasteiger partial charge in [0.05, 0.1) is 38.3 Å². The first-order chi connectivity index (χ1) is 42.4. The van der Waals surface area contributed by atoms with Crippen LogP contribution in [-0.2, 0) is 63.4 Å². The molecule has 8 rings (SSSR count). The van der Waals surface area contributed by atoms with Crippen molar-refractivity contribution in [1.82, 2.24) is 40.9 Å². The van der Waals surface area contributed by atoms with Gasteiger partial charge in [0.2, 0.25) is 47.3 Å². The molecule has 88 heavy (non-hydrogen) atoms. The third-order valence-corrected chi connectivity index (χ3v) is 17.1. The maximum Gasteiger partial charge on any atom is 0.251 e. The molecular weight excluding hydrogens is 1130 g/mol. The van der Waals surface area contributed by atoms with E-state index >= 15 is 0 Å². The maximum atomic E-state index is 14.6. The van der Waals surface area contributed by atoms with Crippen molar-refractivity contribution in [2.75, 3.05) is 64.7 Å². The van der Waals surface area contributed by atoms with Crippen molar-refractivity contribution >= 4 is 64.9 Å². The number of carbonyl (C=O) groups excluding carboxylic acids is 9. The van der Waals surface area contributed by atoms with E-state index in [1.807, 2.05) is 117 Å². The lowest BCUT2D eigenvalue weighted by atomic mass is 10.0. The summed E-state index contributed by atoms with van der Waals surface area (Å²) in [6, 6.07) is 33.1. The summed E-state index contributed by atoms with van der Waals surface area (Å²) in [7, 11) is 0. The number of nitrogens with one attached hydrogen (secondary N) is 4. The highest BCUT2D eigenvalue weighted by molar-refractivity contribution is 7.98. The zero-order valence-electron chi connectivity index (χ0n) is 51.4. The molecule has 4 unspecified atom stereocenters. The Labute approximate surface area is 523 Å². The lowest BCUT2D eigenvalue weighted by molar-refractivity contribution is -0.139. The molecule has 2 aliphatic heterocycles. The number of hydrogen-bond acceptors (Lipinski definition) is 11. The van der Waals surface area contributed by atoms with Crippen LogP contribution in [-0.4, -0.2) is 162 Å². The van der Waals surface area contributed by atoms with Gasteiger partial charge in [-0.1, -0.05) is 123 Å². The van der Waals surface area contributed by atoms with Gasteiger partial charge in [-0.3, -0.25) is 43.2 Å². The Bertz CT molecular complexity index is 2910. The molecule has 0 radical (unpaired) electrons. The number of nitrogens with two attached hydrogens (primary N) is 2. The summed E-state index contributed by atoms with van der Waals surface area (Å²) in [6.07, 6.45) is 7.33. The number of aryl methyl sites for hydroxylation is 1. The summed E-state index contributed by atoms with van der Waals surface area (Å²) in [5.41, 5.74) is 15.8. The molecule has 4 aromatic carbocycles. The molecule has 2 bridgehead atoms. The molecule has 9 amide bonds. The zero-order valence-corrected chi connectivity index (χ0v) is 52.2. The molecule has 20 heteroatoms. The van der Waals surface area contributed by atoms with E-state index in [4.69, 9.17) is 11.5 Å². The minimum Gasteiger partial charge on any atom is -0.368 e. The Hall–Kier alpha value is -7.58. The highest BCUT2D eigenvalue weighted by Crippen LogP contribution is 2.34. The summed E-state index contributed by atoms with van der Waals surface area (Å²) >= 11 is 1.50. The fourth-order valence-corrected chi connectivity index (χ4v) is 12.1. The van der Waals surface area contributed by atoms with Crippen LogP contribution in [0, 0.1) is 17.8 Å². The van der Waals surface area contributed by atoms with Crippen molar-refractivity contribution in [1.29, 1.82) is 0 Å². The van der Waals surface area contributed by atoms with Crippen LogP contribution >= 0.6 is 11.8 Å². The van der Waals surface area contributed by atoms with Gasteiger partial charge in [0.1, 0.15) is 0 Å². The Morgan fingerprint density at radius 3 is 1.56 bits per heavy atom. The van der Waals surface area contributed by atoms with E-state index in [1.54, 1.807) is 12.1 Å². The van der Waals surface area contributed by atoms with Gasteiger partial charge in [0, 0.05) is 81.0 Å². The molecule has 0 aromatic heterocycles. The van der Waals surface area contributed by atoms with Crippen LogP contribution in [0.4, 0.5) is 0 Å². The van der Waals surface area contributed by atoms with Crippen LogP contribution < -0.4 is 32.7 Å². The van der Waals surface area contributed by atoms with Crippen LogP contribution in [0.5, 0.6) is 0 Å². The average molecular weight is 1230 g/mol. The molecular formula is C68H92N10O9S. The van der Waals surface area contributed by atoms with Gasteiger partial charge in [-0.05, 0) is 123 Å². The molecule has 0 spiro atoms. The molecule has 4 atom stereocenters. The highest BCUT2D eigenvalue weighted by Gasteiger charge is 2.34. The number of unbranched alkanes of at least 4 members (excludes halogenated alkanes) is 1. The Morgan fingerprint density at radius 2 is 1.05 bits per heavy atom. The summed E-state index contributed by atoms with van der Waals surface area (Å²) in [4.78, 5) is 134. The fraction of sp³-hybridized carbons (Fsp3) is 0.515. The van der Waals surface area contributed by atoms with E-state index in [0.717, 1.165) is 47.9 Å². The second-order valence-electron chi connectivity index (χ2n) is 24.6. The molecule has 4 aromatic rings. The monoisotopic (exact) mass is 1220 g/mol. The van der Waals surface area contributed by atoms with Gasteiger partial charge >= 0.3 is 0 Å². The van der Waals surface area contributed by atoms with Crippen LogP contribution in [0.1, 0.15) is 124 Å². The van der Waals surface area contributed by atoms with Crippen LogP contribution in [0.2, 0.25) is 0 Å². The molecule has 2 aliphatic carbocycles. The molecule has 2 heterocycles. The van der Waals surface area contributed by atoms with Crippen molar-refractivity contribution in [3.05, 3.63) is 143 Å². The predicted molar refractivity (Wildman–Crippen MR) is 342 cm³/mol. The van der Waals surface area contributed by atoms with E-state index < -0.39 is 54.3 Å². The molecule has 474 valence electrons. The van der Waals surface area contributed by atoms with Gasteiger partial charge < -0.3 is 52.3 Å². The quantitative estimate of drug-likeness (QED) is 0.0499. The lowest BCUT2D eigenvalue weighted by Crippen LogP contribution is -2.55. The van der Waals surface area contributed by atoms with Crippen molar-refractivity contribution in [2.24, 2.45) is 29.2 Å². The first kappa shape index (κ1) is 67.9. The first-order valence-electron chi connectivity index (χ1n) is 31.5. The van der Waals surface area contributed by atoms with E-state index in [9.17, 15) is 43.2 Å². The molecule has 4 aliphatic rings. The second-order valence-corrected chi connectivity index (χ2v) is 25.7. The smallest absolute Gasteiger partial charge is 0.251 e. The van der Waals surface area contributed by atoms with Crippen LogP contribution in [0.25, 0.3) is 0 Å². The topological polar surface area (TPSA) is 267 Å². The van der Waals surface area contributed by atoms with Gasteiger partial charge in [-0.2, -0.15) is 11.8 Å². The van der Waals surface area contributed by atoms with Gasteiger partial charge in [-0.25, -0.2) is 0 Å². The third kappa shape index (κ3) is 24.9. The number of carbonyl (C=O) groups is 9. The minimum absolute atomic E-state index is 0.0117. The van der Waals surface area contributed by atoms with Crippen molar-refractivity contribution in [3.63, 3.8) is 0 Å². The fourth-order valence-electron chi connectivity index (χ4n) is 11.2. The first-order valence-corrected chi connectivity index (χ1v) is 32.7. The number of thioether (sulfide) groups is 1. The molecule has 2 saturated carbocycles. The molecule has 2 fully saturated rings. The number of benzene rings is 4. The number of nitrogens with zero attached hydrogens (tertiary/aromatic N) is 4. The average Bonchev–Trinajstić information content (AvgIpc) is 4.41. The van der Waals surface area contributed by atoms with E-state index in [-0.39, 0.29) is 125 Å². The summed E-state index contributed by atoms with van der Waals surface area (Å²) in [5.74, 6) is -2.26. The Balaban J connectivity index is 1.21. The highest BCUT2D eigenvalue weighted by atomic mass is 32.2. The van der Waals surface area contributed by atoms with Gasteiger partial charge in [-0.15, -0.1) is 0 Å². The van der Waals surface area contributed by atoms with Gasteiger partial charge in [0.25, 0.3) is 5.91 Å².